The summed E-state index contributed by atoms with van der Waals surface area (Å²) < 4.78 is 12.7. The normalized spacial score (nSPS) is 12.2. The summed E-state index contributed by atoms with van der Waals surface area (Å²) in [5, 5.41) is 31.7. The molecule has 0 radical (unpaired) electrons. The van der Waals surface area contributed by atoms with Crippen molar-refractivity contribution in [3.05, 3.63) is 0 Å². The molecule has 0 saturated carbocycles. The number of halogens is 1. The molecule has 2 atom stereocenters. The van der Waals surface area contributed by atoms with Crippen molar-refractivity contribution < 1.29 is 53.6 Å². The zero-order chi connectivity index (χ0) is 34.4. The van der Waals surface area contributed by atoms with Gasteiger partial charge in [0.1, 0.15) is 19.3 Å². The van der Waals surface area contributed by atoms with E-state index >= 15 is 0 Å². The highest BCUT2D eigenvalue weighted by Crippen LogP contribution is 2.14. The minimum absolute atomic E-state index is 0.112. The predicted octanol–water partition coefficient (Wildman–Crippen LogP) is 4.12. The van der Waals surface area contributed by atoms with E-state index in [4.69, 9.17) is 19.7 Å². The quantitative estimate of drug-likeness (QED) is 0.0187. The molecule has 266 valence electrons. The molecular weight excluding hydrogens is 717 g/mol. The minimum Gasteiger partial charge on any atom is -0.481 e. The van der Waals surface area contributed by atoms with Crippen LogP contribution in [0, 0.1) is 0 Å². The van der Waals surface area contributed by atoms with Gasteiger partial charge in [-0.2, -0.15) is 0 Å². The van der Waals surface area contributed by atoms with Crippen LogP contribution in [0.2, 0.25) is 0 Å². The fourth-order valence-corrected chi connectivity index (χ4v) is 5.14. The Morgan fingerprint density at radius 3 is 1.61 bits per heavy atom. The highest BCUT2D eigenvalue weighted by molar-refractivity contribution is 14.1. The second-order valence-corrected chi connectivity index (χ2v) is 11.9. The van der Waals surface area contributed by atoms with Crippen molar-refractivity contribution in [1.29, 1.82) is 0 Å². The zero-order valence-corrected chi connectivity index (χ0v) is 29.1. The molecule has 0 aromatic carbocycles. The van der Waals surface area contributed by atoms with Crippen LogP contribution in [0.3, 0.4) is 0 Å². The zero-order valence-electron chi connectivity index (χ0n) is 26.9. The number of hydrogen-bond donors (Lipinski definition) is 6. The van der Waals surface area contributed by atoms with Gasteiger partial charge in [-0.25, -0.2) is 13.1 Å². The number of carboxylic acids is 3. The van der Waals surface area contributed by atoms with Crippen molar-refractivity contribution in [1.82, 2.24) is 14.2 Å². The fourth-order valence-electron chi connectivity index (χ4n) is 4.56. The first-order chi connectivity index (χ1) is 22.1. The Balaban J connectivity index is 3.80. The van der Waals surface area contributed by atoms with Gasteiger partial charge in [0.15, 0.2) is 0 Å². The van der Waals surface area contributed by atoms with Crippen molar-refractivity contribution in [2.24, 2.45) is 0 Å². The number of nitrogens with one attached hydrogen (secondary N) is 3. The lowest BCUT2D eigenvalue weighted by Gasteiger charge is -2.14. The second kappa shape index (κ2) is 29.8. The van der Waals surface area contributed by atoms with Gasteiger partial charge < -0.3 is 35.4 Å². The van der Waals surface area contributed by atoms with Crippen LogP contribution in [0.1, 0.15) is 122 Å². The van der Waals surface area contributed by atoms with Crippen LogP contribution in [0.4, 0.5) is 0 Å². The van der Waals surface area contributed by atoms with Crippen LogP contribution < -0.4 is 14.2 Å². The van der Waals surface area contributed by atoms with Crippen LogP contribution in [0.15, 0.2) is 0 Å². The number of amides is 2. The van der Waals surface area contributed by atoms with Crippen molar-refractivity contribution in [3.63, 3.8) is 0 Å². The molecule has 0 spiro atoms. The highest BCUT2D eigenvalue weighted by Gasteiger charge is 2.29. The van der Waals surface area contributed by atoms with Gasteiger partial charge in [-0.1, -0.05) is 77.0 Å². The van der Waals surface area contributed by atoms with Gasteiger partial charge in [0.05, 0.1) is 6.61 Å². The number of carboxylic acid groups (broad SMARTS) is 3. The van der Waals surface area contributed by atoms with Crippen LogP contribution in [-0.2, 0) is 38.2 Å². The Labute approximate surface area is 286 Å². The summed E-state index contributed by atoms with van der Waals surface area (Å²) in [7, 11) is 0. The molecule has 0 unspecified atom stereocenters. The Kier molecular flexibility index (Phi) is 28.2. The van der Waals surface area contributed by atoms with Gasteiger partial charge in [-0.3, -0.25) is 19.2 Å². The average Bonchev–Trinajstić information content (AvgIpc) is 3.00. The lowest BCUT2D eigenvalue weighted by Crippen LogP contribution is -2.47. The van der Waals surface area contributed by atoms with E-state index in [0.717, 1.165) is 44.9 Å². The maximum absolute atomic E-state index is 12.2. The third-order valence-electron chi connectivity index (χ3n) is 7.21. The third-order valence-corrected chi connectivity index (χ3v) is 7.96. The molecule has 0 aliphatic heterocycles. The summed E-state index contributed by atoms with van der Waals surface area (Å²) >= 11 is 1.79. The second-order valence-electron chi connectivity index (χ2n) is 11.2. The van der Waals surface area contributed by atoms with E-state index in [1.807, 2.05) is 0 Å². The molecule has 0 bridgehead atoms. The van der Waals surface area contributed by atoms with Gasteiger partial charge in [0.25, 0.3) is 0 Å². The standard InChI is InChI=1S/C31H54IN3O11/c32-35-24(29(40)41)17-15-16-20-33-26(37)23-45-21-22-46-31(44)28(30(42)43)34-25(36)18-13-11-9-7-5-3-1-2-4-6-8-10-12-14-19-27(38)39/h24,28,35H,1-23H2,(H,33,37)(H,34,36)(H,38,39)(H,40,41)(H,42,43)/t24-,28+/m0/s1. The number of carbonyl (C=O) groups is 6. The Morgan fingerprint density at radius 2 is 1.13 bits per heavy atom. The van der Waals surface area contributed by atoms with E-state index in [1.54, 1.807) is 22.9 Å². The molecule has 0 heterocycles. The number of rotatable bonds is 32. The molecule has 0 fully saturated rings. The smallest absolute Gasteiger partial charge is 0.340 e. The molecule has 6 N–H and O–H groups in total. The molecule has 0 saturated heterocycles. The van der Waals surface area contributed by atoms with E-state index in [-0.39, 0.29) is 32.7 Å². The highest BCUT2D eigenvalue weighted by atomic mass is 127. The largest absolute Gasteiger partial charge is 0.481 e. The molecule has 14 nitrogen and oxygen atoms in total. The van der Waals surface area contributed by atoms with E-state index in [0.29, 0.717) is 32.2 Å². The van der Waals surface area contributed by atoms with Gasteiger partial charge >= 0.3 is 23.9 Å². The average molecular weight is 772 g/mol. The van der Waals surface area contributed by atoms with E-state index in [9.17, 15) is 33.9 Å². The van der Waals surface area contributed by atoms with Gasteiger partial charge in [0, 0.05) is 42.3 Å². The molecule has 0 aliphatic carbocycles. The number of esters is 1. The van der Waals surface area contributed by atoms with Crippen LogP contribution in [0.5, 0.6) is 0 Å². The summed E-state index contributed by atoms with van der Waals surface area (Å²) in [5.74, 6) is -5.24. The molecular formula is C31H54IN3O11. The summed E-state index contributed by atoms with van der Waals surface area (Å²) in [6, 6.07) is -2.47. The van der Waals surface area contributed by atoms with Crippen LogP contribution in [-0.4, -0.2) is 89.5 Å². The molecule has 0 aromatic heterocycles. The first-order valence-electron chi connectivity index (χ1n) is 16.4. The number of aliphatic carboxylic acids is 3. The lowest BCUT2D eigenvalue weighted by atomic mass is 10.0. The topological polar surface area (TPSA) is 218 Å². The van der Waals surface area contributed by atoms with E-state index in [1.165, 1.54) is 38.5 Å². The SMILES string of the molecule is O=C(O)CCCCCCCCCCCCCCCCC(=O)N[C@H](C(=O)O)C(=O)OCCOCC(=O)NCCCC[C@H](NI)C(=O)O. The Morgan fingerprint density at radius 1 is 0.609 bits per heavy atom. The van der Waals surface area contributed by atoms with Gasteiger partial charge in [0.2, 0.25) is 17.9 Å². The molecule has 0 rings (SSSR count). The molecule has 15 heteroatoms. The number of carbonyl (C=O) groups excluding carboxylic acids is 3. The number of unbranched alkanes of at least 4 members (excludes halogenated alkanes) is 14. The van der Waals surface area contributed by atoms with Gasteiger partial charge in [-0.05, 0) is 32.1 Å². The maximum atomic E-state index is 12.2. The number of ether oxygens (including phenoxy) is 2. The molecule has 0 aliphatic rings. The first-order valence-corrected chi connectivity index (χ1v) is 17.5. The third kappa shape index (κ3) is 26.7. The summed E-state index contributed by atoms with van der Waals surface area (Å²) in [6.07, 6.45) is 16.6. The maximum Gasteiger partial charge on any atom is 0.340 e. The fraction of sp³-hybridized carbons (Fsp3) is 0.806. The molecule has 2 amide bonds. The monoisotopic (exact) mass is 771 g/mol. The van der Waals surface area contributed by atoms with Gasteiger partial charge in [-0.15, -0.1) is 0 Å². The van der Waals surface area contributed by atoms with Crippen molar-refractivity contribution in [3.8, 4) is 0 Å². The lowest BCUT2D eigenvalue weighted by molar-refractivity contribution is -0.158. The summed E-state index contributed by atoms with van der Waals surface area (Å²) in [5.41, 5.74) is 0. The van der Waals surface area contributed by atoms with Crippen molar-refractivity contribution >= 4 is 58.6 Å². The summed E-state index contributed by atoms with van der Waals surface area (Å²) in [4.78, 5) is 69.0. The number of hydrogen-bond acceptors (Lipinski definition) is 9. The van der Waals surface area contributed by atoms with Crippen LogP contribution in [0.25, 0.3) is 0 Å². The van der Waals surface area contributed by atoms with Crippen molar-refractivity contribution in [2.45, 2.75) is 134 Å². The predicted molar refractivity (Wildman–Crippen MR) is 178 cm³/mol. The Hall–Kier alpha value is -2.53. The van der Waals surface area contributed by atoms with Crippen LogP contribution >= 0.6 is 22.9 Å². The molecule has 0 aromatic rings. The van der Waals surface area contributed by atoms with E-state index in [2.05, 4.69) is 14.2 Å². The molecule has 46 heavy (non-hydrogen) atoms. The van der Waals surface area contributed by atoms with E-state index < -0.39 is 47.8 Å². The minimum atomic E-state index is -1.82. The first kappa shape index (κ1) is 43.5. The Bertz CT molecular complexity index is 892. The van der Waals surface area contributed by atoms with Crippen molar-refractivity contribution in [2.75, 3.05) is 26.4 Å². The summed E-state index contributed by atoms with van der Waals surface area (Å²) in [6.45, 7) is -0.364.